The zero-order chi connectivity index (χ0) is 20.8. The van der Waals surface area contributed by atoms with Gasteiger partial charge in [0, 0.05) is 10.9 Å². The third kappa shape index (κ3) is 3.72. The van der Waals surface area contributed by atoms with E-state index in [2.05, 4.69) is 119 Å². The number of nitrogens with zero attached hydrogens (tertiary/aromatic N) is 2. The number of hydrogen-bond donors (Lipinski definition) is 0. The average molecular weight is 383 g/mol. The van der Waals surface area contributed by atoms with E-state index >= 15 is 0 Å². The van der Waals surface area contributed by atoms with Crippen molar-refractivity contribution in [1.29, 1.82) is 0 Å². The van der Waals surface area contributed by atoms with Crippen molar-refractivity contribution in [2.45, 2.75) is 52.4 Å². The van der Waals surface area contributed by atoms with Crippen LogP contribution in [0.3, 0.4) is 0 Å². The Bertz CT molecular complexity index is 1150. The topological polar surface area (TPSA) is 17.8 Å². The Morgan fingerprint density at radius 3 is 1.97 bits per heavy atom. The number of hydrogen-bond acceptors (Lipinski definition) is 1. The summed E-state index contributed by atoms with van der Waals surface area (Å²) in [6.07, 6.45) is 0. The van der Waals surface area contributed by atoms with E-state index in [0.29, 0.717) is 0 Å². The molecule has 0 unspecified atom stereocenters. The highest BCUT2D eigenvalue weighted by molar-refractivity contribution is 5.94. The summed E-state index contributed by atoms with van der Waals surface area (Å²) in [6.45, 7) is 13.5. The lowest BCUT2D eigenvalue weighted by Gasteiger charge is -2.20. The lowest BCUT2D eigenvalue weighted by Crippen LogP contribution is -2.12. The Labute approximate surface area is 174 Å². The van der Waals surface area contributed by atoms with Gasteiger partial charge in [0.05, 0.1) is 16.9 Å². The van der Waals surface area contributed by atoms with E-state index in [0.717, 1.165) is 16.9 Å². The van der Waals surface area contributed by atoms with Crippen molar-refractivity contribution in [3.63, 3.8) is 0 Å². The molecule has 0 amide bonds. The first-order valence-corrected chi connectivity index (χ1v) is 10.3. The predicted molar refractivity (Wildman–Crippen MR) is 124 cm³/mol. The molecule has 2 heteroatoms. The molecule has 4 aromatic rings. The van der Waals surface area contributed by atoms with Crippen LogP contribution in [0.15, 0.2) is 72.8 Å². The molecule has 4 rings (SSSR count). The molecule has 29 heavy (non-hydrogen) atoms. The van der Waals surface area contributed by atoms with Gasteiger partial charge in [-0.15, -0.1) is 0 Å². The molecule has 0 spiro atoms. The van der Waals surface area contributed by atoms with Crippen molar-refractivity contribution in [3.8, 4) is 16.9 Å². The normalized spacial score (nSPS) is 12.5. The van der Waals surface area contributed by atoms with Gasteiger partial charge in [0.15, 0.2) is 0 Å². The second-order valence-corrected chi connectivity index (χ2v) is 9.91. The Morgan fingerprint density at radius 1 is 0.655 bits per heavy atom. The molecule has 1 heterocycles. The van der Waals surface area contributed by atoms with Crippen molar-refractivity contribution in [2.24, 2.45) is 0 Å². The van der Waals surface area contributed by atoms with Crippen LogP contribution in [0.2, 0.25) is 0 Å². The summed E-state index contributed by atoms with van der Waals surface area (Å²) < 4.78 is 2.11. The summed E-state index contributed by atoms with van der Waals surface area (Å²) in [7, 11) is 0. The Kier molecular flexibility index (Phi) is 4.61. The van der Waals surface area contributed by atoms with Crippen LogP contribution < -0.4 is 0 Å². The smallest absolute Gasteiger partial charge is 0.0937 e. The van der Waals surface area contributed by atoms with Gasteiger partial charge in [-0.25, -0.2) is 4.68 Å². The van der Waals surface area contributed by atoms with Crippen LogP contribution in [0.25, 0.3) is 27.8 Å². The van der Waals surface area contributed by atoms with Gasteiger partial charge in [-0.05, 0) is 40.2 Å². The molecule has 0 aliphatic carbocycles. The minimum Gasteiger partial charge on any atom is -0.232 e. The molecule has 0 N–H and O–H groups in total. The number of benzene rings is 3. The fourth-order valence-corrected chi connectivity index (χ4v) is 3.72. The monoisotopic (exact) mass is 382 g/mol. The Balaban J connectivity index is 2.00. The zero-order valence-corrected chi connectivity index (χ0v) is 18.3. The molecule has 0 saturated carbocycles. The highest BCUT2D eigenvalue weighted by atomic mass is 15.3. The first kappa shape index (κ1) is 19.4. The van der Waals surface area contributed by atoms with Crippen molar-refractivity contribution < 1.29 is 0 Å². The molecule has 148 valence electrons. The van der Waals surface area contributed by atoms with Gasteiger partial charge in [-0.1, -0.05) is 96.1 Å². The fourth-order valence-electron chi connectivity index (χ4n) is 3.72. The van der Waals surface area contributed by atoms with Crippen LogP contribution in [0.5, 0.6) is 0 Å². The largest absolute Gasteiger partial charge is 0.232 e. The number of rotatable bonds is 2. The molecule has 1 aromatic heterocycles. The van der Waals surface area contributed by atoms with Crippen molar-refractivity contribution in [2.75, 3.05) is 0 Å². The molecule has 0 bridgehead atoms. The van der Waals surface area contributed by atoms with Gasteiger partial charge in [0.25, 0.3) is 0 Å². The average Bonchev–Trinajstić information content (AvgIpc) is 3.06. The van der Waals surface area contributed by atoms with Crippen LogP contribution in [0.1, 0.15) is 52.7 Å². The standard InChI is InChI=1S/C27H30N2/c1-26(2,3)20-13-10-14-22(17-20)29-25(19-11-8-7-9-12-19)23-16-15-21(27(4,5)6)18-24(23)28-29/h7-18H,1-6H3. The van der Waals surface area contributed by atoms with Crippen molar-refractivity contribution >= 4 is 10.9 Å². The second kappa shape index (κ2) is 6.88. The first-order chi connectivity index (χ1) is 13.6. The lowest BCUT2D eigenvalue weighted by molar-refractivity contribution is 0.589. The van der Waals surface area contributed by atoms with Crippen LogP contribution in [-0.4, -0.2) is 9.78 Å². The Hall–Kier alpha value is -2.87. The predicted octanol–water partition coefficient (Wildman–Crippen LogP) is 7.29. The van der Waals surface area contributed by atoms with Gasteiger partial charge in [0.2, 0.25) is 0 Å². The van der Waals surface area contributed by atoms with Gasteiger partial charge >= 0.3 is 0 Å². The van der Waals surface area contributed by atoms with E-state index < -0.39 is 0 Å². The Morgan fingerprint density at radius 2 is 1.31 bits per heavy atom. The summed E-state index contributed by atoms with van der Waals surface area (Å²) in [5, 5.41) is 6.26. The van der Waals surface area contributed by atoms with Crippen LogP contribution in [-0.2, 0) is 10.8 Å². The second-order valence-electron chi connectivity index (χ2n) is 9.91. The van der Waals surface area contributed by atoms with Gasteiger partial charge in [-0.2, -0.15) is 5.10 Å². The molecule has 0 radical (unpaired) electrons. The molecule has 0 aliphatic rings. The summed E-state index contributed by atoms with van der Waals surface area (Å²) in [6, 6.07) is 26.0. The highest BCUT2D eigenvalue weighted by Crippen LogP contribution is 2.34. The SMILES string of the molecule is CC(C)(C)c1cccc(-n2nc3cc(C(C)(C)C)ccc3c2-c2ccccc2)c1. The molecule has 0 fully saturated rings. The van der Waals surface area contributed by atoms with Crippen LogP contribution in [0, 0.1) is 0 Å². The lowest BCUT2D eigenvalue weighted by atomic mass is 9.86. The third-order valence-corrected chi connectivity index (χ3v) is 5.54. The molecule has 0 atom stereocenters. The zero-order valence-electron chi connectivity index (χ0n) is 18.3. The van der Waals surface area contributed by atoms with E-state index in [1.54, 1.807) is 0 Å². The van der Waals surface area contributed by atoms with Gasteiger partial charge in [-0.3, -0.25) is 0 Å². The minimum atomic E-state index is 0.0922. The molecule has 0 aliphatic heterocycles. The summed E-state index contributed by atoms with van der Waals surface area (Å²) in [5.41, 5.74) is 7.27. The third-order valence-electron chi connectivity index (χ3n) is 5.54. The molecular formula is C27H30N2. The maximum Gasteiger partial charge on any atom is 0.0937 e. The van der Waals surface area contributed by atoms with Crippen molar-refractivity contribution in [3.05, 3.63) is 83.9 Å². The fraction of sp³-hybridized carbons (Fsp3) is 0.296. The quantitative estimate of drug-likeness (QED) is 0.356. The van der Waals surface area contributed by atoms with Gasteiger partial charge < -0.3 is 0 Å². The van der Waals surface area contributed by atoms with Crippen molar-refractivity contribution in [1.82, 2.24) is 9.78 Å². The molecule has 0 saturated heterocycles. The maximum atomic E-state index is 5.07. The van der Waals surface area contributed by atoms with E-state index in [4.69, 9.17) is 5.10 Å². The molecule has 2 nitrogen and oxygen atoms in total. The van der Waals surface area contributed by atoms with E-state index in [1.807, 2.05) is 0 Å². The molecule has 3 aromatic carbocycles. The number of fused-ring (bicyclic) bond motifs is 1. The van der Waals surface area contributed by atoms with Crippen LogP contribution >= 0.6 is 0 Å². The minimum absolute atomic E-state index is 0.0922. The maximum absolute atomic E-state index is 5.07. The summed E-state index contributed by atoms with van der Waals surface area (Å²) in [4.78, 5) is 0. The number of aromatic nitrogens is 2. The molecular weight excluding hydrogens is 352 g/mol. The highest BCUT2D eigenvalue weighted by Gasteiger charge is 2.20. The van der Waals surface area contributed by atoms with E-state index in [-0.39, 0.29) is 10.8 Å². The van der Waals surface area contributed by atoms with E-state index in [9.17, 15) is 0 Å². The summed E-state index contributed by atoms with van der Waals surface area (Å²) >= 11 is 0. The van der Waals surface area contributed by atoms with Crippen LogP contribution in [0.4, 0.5) is 0 Å². The van der Waals surface area contributed by atoms with E-state index in [1.165, 1.54) is 22.1 Å². The summed E-state index contributed by atoms with van der Waals surface area (Å²) in [5.74, 6) is 0. The first-order valence-electron chi connectivity index (χ1n) is 10.3. The van der Waals surface area contributed by atoms with Gasteiger partial charge in [0.1, 0.15) is 0 Å².